The van der Waals surface area contributed by atoms with E-state index in [1.54, 1.807) is 20.8 Å². The van der Waals surface area contributed by atoms with Gasteiger partial charge in [-0.25, -0.2) is 4.79 Å². The van der Waals surface area contributed by atoms with Gasteiger partial charge in [0.25, 0.3) is 0 Å². The Kier molecular flexibility index (Phi) is 2.22. The second-order valence-corrected chi connectivity index (χ2v) is 4.92. The Morgan fingerprint density at radius 1 is 1.53 bits per heavy atom. The molecule has 1 amide bonds. The highest BCUT2D eigenvalue weighted by molar-refractivity contribution is 5.91. The second kappa shape index (κ2) is 3.20. The molecule has 0 aromatic rings. The Hall–Kier alpha value is -1.10. The van der Waals surface area contributed by atoms with Gasteiger partial charge in [0.1, 0.15) is 17.8 Å². The maximum absolute atomic E-state index is 11.6. The molecule has 2 aliphatic heterocycles. The first kappa shape index (κ1) is 10.4. The van der Waals surface area contributed by atoms with Crippen LogP contribution in [0.5, 0.6) is 0 Å². The van der Waals surface area contributed by atoms with Crippen LogP contribution in [-0.2, 0) is 14.3 Å². The van der Waals surface area contributed by atoms with Crippen LogP contribution in [0.2, 0.25) is 0 Å². The smallest absolute Gasteiger partial charge is 0.410 e. The number of hydrogen-bond donors (Lipinski definition) is 0. The molecular weight excluding hydrogens is 198 g/mol. The minimum absolute atomic E-state index is 0.0305. The third kappa shape index (κ3) is 2.28. The summed E-state index contributed by atoms with van der Waals surface area (Å²) in [5, 5.41) is 0. The maximum atomic E-state index is 11.6. The van der Waals surface area contributed by atoms with Crippen molar-refractivity contribution in [3.63, 3.8) is 0 Å². The number of fused-ring (bicyclic) bond motifs is 1. The van der Waals surface area contributed by atoms with E-state index in [4.69, 9.17) is 9.47 Å². The highest BCUT2D eigenvalue weighted by atomic mass is 16.6. The number of epoxide rings is 1. The van der Waals surface area contributed by atoms with E-state index in [9.17, 15) is 9.59 Å². The summed E-state index contributed by atoms with van der Waals surface area (Å²) >= 11 is 0. The molecule has 0 bridgehead atoms. The van der Waals surface area contributed by atoms with Gasteiger partial charge >= 0.3 is 6.09 Å². The average Bonchev–Trinajstić information content (AvgIpc) is 2.79. The normalized spacial score (nSPS) is 29.8. The van der Waals surface area contributed by atoms with Gasteiger partial charge in [-0.2, -0.15) is 0 Å². The van der Waals surface area contributed by atoms with Crippen molar-refractivity contribution in [1.82, 2.24) is 4.90 Å². The molecular formula is C10H15NO4. The maximum Gasteiger partial charge on any atom is 0.410 e. The van der Waals surface area contributed by atoms with E-state index in [1.807, 2.05) is 0 Å². The molecule has 2 heterocycles. The van der Waals surface area contributed by atoms with Crippen molar-refractivity contribution in [3.8, 4) is 0 Å². The van der Waals surface area contributed by atoms with Crippen LogP contribution in [-0.4, -0.2) is 47.7 Å². The number of carbonyl (C=O) groups is 2. The number of rotatable bonds is 0. The van der Waals surface area contributed by atoms with Gasteiger partial charge in [-0.3, -0.25) is 9.69 Å². The molecule has 0 spiro atoms. The van der Waals surface area contributed by atoms with Crippen molar-refractivity contribution in [2.45, 2.75) is 38.6 Å². The highest BCUT2D eigenvalue weighted by Gasteiger charge is 2.51. The zero-order valence-electron chi connectivity index (χ0n) is 9.15. The van der Waals surface area contributed by atoms with Crippen molar-refractivity contribution < 1.29 is 19.1 Å². The number of nitrogens with zero attached hydrogens (tertiary/aromatic N) is 1. The molecule has 15 heavy (non-hydrogen) atoms. The largest absolute Gasteiger partial charge is 0.444 e. The number of amides is 1. The lowest BCUT2D eigenvalue weighted by atomic mass is 10.1. The van der Waals surface area contributed by atoms with E-state index in [1.165, 1.54) is 4.90 Å². The quantitative estimate of drug-likeness (QED) is 0.552. The number of carbonyl (C=O) groups excluding carboxylic acids is 2. The van der Waals surface area contributed by atoms with Crippen LogP contribution in [0.25, 0.3) is 0 Å². The molecule has 5 nitrogen and oxygen atoms in total. The minimum atomic E-state index is -0.526. The van der Waals surface area contributed by atoms with Gasteiger partial charge in [0.2, 0.25) is 0 Å². The number of ketones is 1. The van der Waals surface area contributed by atoms with Gasteiger partial charge in [0.15, 0.2) is 5.78 Å². The molecule has 0 aromatic heterocycles. The van der Waals surface area contributed by atoms with Crippen LogP contribution >= 0.6 is 0 Å². The molecule has 0 saturated carbocycles. The highest BCUT2D eigenvalue weighted by Crippen LogP contribution is 2.29. The molecule has 2 aliphatic rings. The van der Waals surface area contributed by atoms with Crippen molar-refractivity contribution in [2.24, 2.45) is 0 Å². The first-order chi connectivity index (χ1) is 6.87. The number of hydrogen-bond acceptors (Lipinski definition) is 4. The van der Waals surface area contributed by atoms with Crippen molar-refractivity contribution in [2.75, 3.05) is 13.1 Å². The van der Waals surface area contributed by atoms with Gasteiger partial charge in [0.05, 0.1) is 13.1 Å². The number of likely N-dealkylation sites (tertiary alicyclic amines) is 1. The number of ether oxygens (including phenoxy) is 2. The van der Waals surface area contributed by atoms with E-state index in [-0.39, 0.29) is 24.5 Å². The molecule has 0 radical (unpaired) electrons. The monoisotopic (exact) mass is 213 g/mol. The Balaban J connectivity index is 1.93. The van der Waals surface area contributed by atoms with E-state index >= 15 is 0 Å². The summed E-state index contributed by atoms with van der Waals surface area (Å²) in [4.78, 5) is 24.4. The van der Waals surface area contributed by atoms with E-state index in [0.717, 1.165) is 0 Å². The fourth-order valence-corrected chi connectivity index (χ4v) is 1.59. The fraction of sp³-hybridized carbons (Fsp3) is 0.800. The van der Waals surface area contributed by atoms with Crippen LogP contribution in [0.15, 0.2) is 0 Å². The van der Waals surface area contributed by atoms with Gasteiger partial charge in [-0.15, -0.1) is 0 Å². The molecule has 0 aliphatic carbocycles. The lowest BCUT2D eigenvalue weighted by molar-refractivity contribution is -0.121. The zero-order chi connectivity index (χ0) is 11.2. The zero-order valence-corrected chi connectivity index (χ0v) is 9.15. The SMILES string of the molecule is CC(C)(C)OC(=O)N1CC(=O)[C@H]2O[C@H]2C1. The van der Waals surface area contributed by atoms with Crippen molar-refractivity contribution >= 4 is 11.9 Å². The van der Waals surface area contributed by atoms with Gasteiger partial charge in [-0.1, -0.05) is 0 Å². The van der Waals surface area contributed by atoms with Crippen LogP contribution in [0.4, 0.5) is 4.79 Å². The third-order valence-electron chi connectivity index (χ3n) is 2.30. The van der Waals surface area contributed by atoms with Crippen molar-refractivity contribution in [3.05, 3.63) is 0 Å². The van der Waals surface area contributed by atoms with E-state index in [2.05, 4.69) is 0 Å². The summed E-state index contributed by atoms with van der Waals surface area (Å²) in [6, 6.07) is 0. The fourth-order valence-electron chi connectivity index (χ4n) is 1.59. The number of piperidine rings is 1. The Morgan fingerprint density at radius 2 is 2.20 bits per heavy atom. The Bertz CT molecular complexity index is 307. The first-order valence-electron chi connectivity index (χ1n) is 5.03. The molecule has 0 unspecified atom stereocenters. The van der Waals surface area contributed by atoms with Gasteiger partial charge < -0.3 is 9.47 Å². The predicted molar refractivity (Wildman–Crippen MR) is 51.5 cm³/mol. The molecule has 2 rings (SSSR count). The lowest BCUT2D eigenvalue weighted by Crippen LogP contribution is -2.46. The van der Waals surface area contributed by atoms with E-state index in [0.29, 0.717) is 6.54 Å². The van der Waals surface area contributed by atoms with Crippen LogP contribution < -0.4 is 0 Å². The van der Waals surface area contributed by atoms with Gasteiger partial charge in [-0.05, 0) is 20.8 Å². The first-order valence-corrected chi connectivity index (χ1v) is 5.03. The molecule has 0 aromatic carbocycles. The Labute approximate surface area is 88.3 Å². The summed E-state index contributed by atoms with van der Waals surface area (Å²) < 4.78 is 10.3. The summed E-state index contributed by atoms with van der Waals surface area (Å²) in [7, 11) is 0. The molecule has 2 fully saturated rings. The standard InChI is InChI=1S/C10H15NO4/c1-10(2,3)15-9(13)11-4-6(12)8-7(5-11)14-8/h7-8H,4-5H2,1-3H3/t7-,8+/m0/s1. The summed E-state index contributed by atoms with van der Waals surface area (Å²) in [6.07, 6.45) is -0.799. The van der Waals surface area contributed by atoms with Crippen LogP contribution in [0, 0.1) is 0 Å². The molecule has 2 atom stereocenters. The predicted octanol–water partition coefficient (Wildman–Crippen LogP) is 0.574. The van der Waals surface area contributed by atoms with Gasteiger partial charge in [0, 0.05) is 0 Å². The van der Waals surface area contributed by atoms with Crippen LogP contribution in [0.1, 0.15) is 20.8 Å². The Morgan fingerprint density at radius 3 is 2.73 bits per heavy atom. The molecule has 0 N–H and O–H groups in total. The average molecular weight is 213 g/mol. The molecule has 84 valence electrons. The summed E-state index contributed by atoms with van der Waals surface area (Å²) in [6.45, 7) is 5.97. The van der Waals surface area contributed by atoms with Crippen LogP contribution in [0.3, 0.4) is 0 Å². The van der Waals surface area contributed by atoms with Crippen molar-refractivity contribution in [1.29, 1.82) is 0 Å². The summed E-state index contributed by atoms with van der Waals surface area (Å²) in [5.74, 6) is -0.0305. The minimum Gasteiger partial charge on any atom is -0.444 e. The molecule has 5 heteroatoms. The lowest BCUT2D eigenvalue weighted by Gasteiger charge is -2.27. The third-order valence-corrected chi connectivity index (χ3v) is 2.30. The van der Waals surface area contributed by atoms with E-state index < -0.39 is 11.7 Å². The second-order valence-electron chi connectivity index (χ2n) is 4.92. The molecule has 2 saturated heterocycles. The number of Topliss-reactive ketones (excluding diaryl/α,β-unsaturated/α-hetero) is 1. The summed E-state index contributed by atoms with van der Waals surface area (Å²) in [5.41, 5.74) is -0.526. The topological polar surface area (TPSA) is 59.1 Å².